The minimum absolute atomic E-state index is 0.0104. The first kappa shape index (κ1) is 67.3. The van der Waals surface area contributed by atoms with Gasteiger partial charge in [-0.15, -0.1) is 0 Å². The van der Waals surface area contributed by atoms with E-state index in [9.17, 15) is 62.6 Å². The molecule has 0 aromatic heterocycles. The Bertz CT molecular complexity index is 1990. The standard InChI is InChI=1S/C41H73N15O13S4/c1-6-18(4)30(56-37(65)25(15-72)53-35(63)23(13-70)51-31(59)19(5)48-32(60)20(42)12-28(44)58)39(67)55-29(17(2)3)38(66)50-21(8-7-11-47-41(45)46)33(61)49-22(9-10-27(43)57)34(62)52-24(14-71)36(64)54-26(16-73)40(68)69/h17-26,29-30,70-73H,6-16,42H2,1-5H3,(H2,43,57)(H2,44,58)(H,48,60)(H,49,61)(H,50,66)(H,51,59)(H,52,62)(H,53,63)(H,54,64)(H,55,67)(H,56,65)(H,68,69)(H4,45,46,47)/t18-,19-,20-,21-,22-,23-,24-,25-,26-,29-,30-/m0/s1. The van der Waals surface area contributed by atoms with E-state index < -0.39 is 156 Å². The second-order valence-electron chi connectivity index (χ2n) is 17.0. The van der Waals surface area contributed by atoms with Crippen LogP contribution in [0, 0.1) is 11.8 Å². The molecule has 0 heterocycles. The minimum atomic E-state index is -1.55. The highest BCUT2D eigenvalue weighted by Gasteiger charge is 2.37. The molecule has 32 heteroatoms. The van der Waals surface area contributed by atoms with Gasteiger partial charge in [0.15, 0.2) is 5.96 Å². The molecule has 0 aromatic rings. The topological polar surface area (TPSA) is 476 Å². The Morgan fingerprint density at radius 3 is 1.32 bits per heavy atom. The quantitative estimate of drug-likeness (QED) is 0.0121. The van der Waals surface area contributed by atoms with Crippen LogP contribution in [0.2, 0.25) is 0 Å². The fraction of sp³-hybridized carbons (Fsp3) is 0.683. The van der Waals surface area contributed by atoms with E-state index in [0.29, 0.717) is 6.42 Å². The zero-order valence-corrected chi connectivity index (χ0v) is 44.8. The van der Waals surface area contributed by atoms with Crippen molar-refractivity contribution in [2.75, 3.05) is 29.6 Å². The average Bonchev–Trinajstić information content (AvgIpc) is 3.32. The molecule has 20 N–H and O–H groups in total. The molecular weight excluding hydrogens is 1040 g/mol. The number of carboxylic acids is 1. The molecule has 0 rings (SSSR count). The molecule has 0 saturated carbocycles. The fourth-order valence-electron chi connectivity index (χ4n) is 6.17. The lowest BCUT2D eigenvalue weighted by Gasteiger charge is -2.30. The Kier molecular flexibility index (Phi) is 31.9. The third-order valence-corrected chi connectivity index (χ3v) is 12.1. The van der Waals surface area contributed by atoms with E-state index in [4.69, 9.17) is 28.7 Å². The number of nitrogens with zero attached hydrogens (tertiary/aromatic N) is 1. The number of amides is 11. The summed E-state index contributed by atoms with van der Waals surface area (Å²) >= 11 is 16.3. The summed E-state index contributed by atoms with van der Waals surface area (Å²) in [4.78, 5) is 159. The molecule has 0 unspecified atom stereocenters. The number of nitrogens with one attached hydrogen (secondary N) is 9. The van der Waals surface area contributed by atoms with Gasteiger partial charge in [-0.2, -0.15) is 50.5 Å². The number of thiol groups is 4. The lowest BCUT2D eigenvalue weighted by atomic mass is 9.96. The molecule has 0 aliphatic heterocycles. The summed E-state index contributed by atoms with van der Waals surface area (Å²) < 4.78 is 0. The van der Waals surface area contributed by atoms with Gasteiger partial charge in [0, 0.05) is 36.0 Å². The predicted molar refractivity (Wildman–Crippen MR) is 281 cm³/mol. The molecule has 0 aromatic carbocycles. The average molecular weight is 1110 g/mol. The molecule has 0 bridgehead atoms. The predicted octanol–water partition coefficient (Wildman–Crippen LogP) is -6.60. The molecule has 73 heavy (non-hydrogen) atoms. The van der Waals surface area contributed by atoms with Gasteiger partial charge in [0.05, 0.1) is 12.5 Å². The third kappa shape index (κ3) is 25.2. The van der Waals surface area contributed by atoms with Crippen LogP contribution in [-0.4, -0.2) is 172 Å². The number of primary amides is 2. The number of aliphatic carboxylic acids is 1. The van der Waals surface area contributed by atoms with Crippen LogP contribution in [0.1, 0.15) is 73.1 Å². The van der Waals surface area contributed by atoms with E-state index in [2.05, 4.69) is 103 Å². The van der Waals surface area contributed by atoms with Crippen LogP contribution < -0.4 is 76.5 Å². The first-order chi connectivity index (χ1) is 34.1. The Morgan fingerprint density at radius 2 is 0.890 bits per heavy atom. The van der Waals surface area contributed by atoms with Crippen molar-refractivity contribution < 1.29 is 62.6 Å². The van der Waals surface area contributed by atoms with Gasteiger partial charge in [0.1, 0.15) is 54.4 Å². The number of nitrogens with two attached hydrogens (primary N) is 5. The van der Waals surface area contributed by atoms with Crippen LogP contribution in [0.5, 0.6) is 0 Å². The molecule has 0 saturated heterocycles. The van der Waals surface area contributed by atoms with Crippen molar-refractivity contribution in [1.82, 2.24) is 47.9 Å². The minimum Gasteiger partial charge on any atom is -0.480 e. The van der Waals surface area contributed by atoms with Gasteiger partial charge in [-0.25, -0.2) is 4.79 Å². The van der Waals surface area contributed by atoms with Gasteiger partial charge < -0.3 is 81.6 Å². The lowest BCUT2D eigenvalue weighted by Crippen LogP contribution is -2.62. The number of hydrogen-bond donors (Lipinski definition) is 19. The molecule has 0 radical (unpaired) electrons. The van der Waals surface area contributed by atoms with E-state index >= 15 is 0 Å². The van der Waals surface area contributed by atoms with Crippen molar-refractivity contribution in [1.29, 1.82) is 0 Å². The molecule has 0 spiro atoms. The van der Waals surface area contributed by atoms with Crippen molar-refractivity contribution in [2.45, 2.75) is 134 Å². The number of hydrogen-bond acceptors (Lipinski definition) is 18. The van der Waals surface area contributed by atoms with E-state index in [-0.39, 0.29) is 54.8 Å². The molecule has 28 nitrogen and oxygen atoms in total. The van der Waals surface area contributed by atoms with Gasteiger partial charge in [0.2, 0.25) is 65.0 Å². The van der Waals surface area contributed by atoms with E-state index in [1.165, 1.54) is 6.92 Å². The monoisotopic (exact) mass is 1110 g/mol. The van der Waals surface area contributed by atoms with Gasteiger partial charge in [0.25, 0.3) is 0 Å². The van der Waals surface area contributed by atoms with Crippen LogP contribution in [0.25, 0.3) is 0 Å². The zero-order valence-electron chi connectivity index (χ0n) is 41.2. The van der Waals surface area contributed by atoms with Crippen molar-refractivity contribution in [3.05, 3.63) is 0 Å². The first-order valence-corrected chi connectivity index (χ1v) is 25.4. The molecule has 0 aliphatic rings. The maximum atomic E-state index is 14.1. The highest BCUT2D eigenvalue weighted by molar-refractivity contribution is 7.80. The van der Waals surface area contributed by atoms with Crippen molar-refractivity contribution in [2.24, 2.45) is 45.5 Å². The summed E-state index contributed by atoms with van der Waals surface area (Å²) in [6.07, 6.45) is -1.03. The summed E-state index contributed by atoms with van der Waals surface area (Å²) in [5.74, 6) is -13.9. The fourth-order valence-corrected chi connectivity index (χ4v) is 7.19. The maximum absolute atomic E-state index is 14.1. The summed E-state index contributed by atoms with van der Waals surface area (Å²) in [6, 6.07) is -13.8. The molecule has 11 amide bonds. The number of carboxylic acid groups (broad SMARTS) is 1. The molecular formula is C41H73N15O13S4. The second-order valence-corrected chi connectivity index (χ2v) is 18.5. The Hall–Kier alpha value is -5.73. The SMILES string of the molecule is CC[C@H](C)[C@H](NC(=O)[C@H](CS)NC(=O)[C@H](CS)NC(=O)[C@H](C)NC(=O)[C@@H](N)CC(N)=O)C(=O)N[C@H](C(=O)N[C@@H](CCCN=C(N)N)C(=O)N[C@@H](CCC(N)=O)C(=O)N[C@@H](CS)C(=O)N[C@@H](CS)C(=O)O)C(C)C. The molecule has 0 aliphatic carbocycles. The number of aliphatic imine (C=N–C) groups is 1. The van der Waals surface area contributed by atoms with E-state index in [0.717, 1.165) is 0 Å². The van der Waals surface area contributed by atoms with Crippen LogP contribution >= 0.6 is 50.5 Å². The first-order valence-electron chi connectivity index (χ1n) is 22.9. The number of carbonyl (C=O) groups is 12. The molecule has 414 valence electrons. The Balaban J connectivity index is 6.46. The van der Waals surface area contributed by atoms with Gasteiger partial charge in [-0.3, -0.25) is 57.7 Å². The number of carbonyl (C=O) groups excluding carboxylic acids is 11. The van der Waals surface area contributed by atoms with E-state index in [1.54, 1.807) is 27.7 Å². The highest BCUT2D eigenvalue weighted by atomic mass is 32.1. The summed E-state index contributed by atoms with van der Waals surface area (Å²) in [6.45, 7) is 7.81. The molecule has 11 atom stereocenters. The van der Waals surface area contributed by atoms with Crippen LogP contribution in [0.4, 0.5) is 0 Å². The number of rotatable bonds is 35. The van der Waals surface area contributed by atoms with Crippen molar-refractivity contribution >= 4 is 127 Å². The van der Waals surface area contributed by atoms with Gasteiger partial charge in [-0.1, -0.05) is 34.1 Å². The summed E-state index contributed by atoms with van der Waals surface area (Å²) in [5, 5.41) is 31.3. The number of guanidine groups is 1. The Labute approximate surface area is 444 Å². The van der Waals surface area contributed by atoms with Crippen LogP contribution in [0.3, 0.4) is 0 Å². The summed E-state index contributed by atoms with van der Waals surface area (Å²) in [7, 11) is 0. The molecule has 0 fully saturated rings. The zero-order chi connectivity index (χ0) is 56.3. The van der Waals surface area contributed by atoms with Gasteiger partial charge >= 0.3 is 5.97 Å². The third-order valence-electron chi connectivity index (χ3n) is 10.7. The second kappa shape index (κ2) is 34.6. The van der Waals surface area contributed by atoms with Crippen molar-refractivity contribution in [3.8, 4) is 0 Å². The smallest absolute Gasteiger partial charge is 0.327 e. The highest BCUT2D eigenvalue weighted by Crippen LogP contribution is 2.13. The van der Waals surface area contributed by atoms with Crippen LogP contribution in [-0.2, 0) is 57.5 Å². The van der Waals surface area contributed by atoms with Crippen LogP contribution in [0.15, 0.2) is 4.99 Å². The summed E-state index contributed by atoms with van der Waals surface area (Å²) in [5.41, 5.74) is 26.9. The normalized spacial score (nSPS) is 15.5. The van der Waals surface area contributed by atoms with Gasteiger partial charge in [-0.05, 0) is 38.0 Å². The Morgan fingerprint density at radius 1 is 0.493 bits per heavy atom. The van der Waals surface area contributed by atoms with Crippen molar-refractivity contribution in [3.63, 3.8) is 0 Å². The largest absolute Gasteiger partial charge is 0.480 e. The maximum Gasteiger partial charge on any atom is 0.327 e. The van der Waals surface area contributed by atoms with E-state index in [1.807, 2.05) is 0 Å². The lowest BCUT2D eigenvalue weighted by molar-refractivity contribution is -0.141.